The summed E-state index contributed by atoms with van der Waals surface area (Å²) >= 11 is 0. The van der Waals surface area contributed by atoms with Crippen molar-refractivity contribution in [3.05, 3.63) is 35.4 Å². The smallest absolute Gasteiger partial charge is 0.741 e. The molecule has 0 saturated carbocycles. The molecule has 0 amide bonds. The molecule has 0 atom stereocenters. The second kappa shape index (κ2) is 11.9. The fourth-order valence-corrected chi connectivity index (χ4v) is 1.44. The molecule has 1 aromatic carbocycles. The van der Waals surface area contributed by atoms with Crippen molar-refractivity contribution >= 4 is 10.1 Å². The van der Waals surface area contributed by atoms with Gasteiger partial charge in [-0.3, -0.25) is 0 Å². The summed E-state index contributed by atoms with van der Waals surface area (Å²) in [6.45, 7) is 1.92. The van der Waals surface area contributed by atoms with E-state index < -0.39 is 15.6 Å². The van der Waals surface area contributed by atoms with Crippen LogP contribution in [-0.2, 0) is 44.3 Å². The summed E-state index contributed by atoms with van der Waals surface area (Å²) in [5, 5.41) is 0. The topological polar surface area (TPSA) is 95.2 Å². The van der Waals surface area contributed by atoms with E-state index in [1.807, 2.05) is 0 Å². The Balaban J connectivity index is -0.000000386. The van der Waals surface area contributed by atoms with Gasteiger partial charge in [0.05, 0.1) is 0 Å². The van der Waals surface area contributed by atoms with Crippen molar-refractivity contribution in [1.82, 2.24) is 9.80 Å². The zero-order valence-electron chi connectivity index (χ0n) is 13.6. The number of hydrogen-bond donors (Lipinski definition) is 0. The van der Waals surface area contributed by atoms with E-state index in [9.17, 15) is 13.2 Å². The summed E-state index contributed by atoms with van der Waals surface area (Å²) in [5.74, 6) is 0. The maximum atomic E-state index is 10.7. The zero-order chi connectivity index (χ0) is 17.6. The Morgan fingerprint density at radius 2 is 1.33 bits per heavy atom. The number of alkyl halides is 3. The standard InChI is InChI=1S/C12H19N2.CHF3O3S.H2O.Pt/c1-13(2)9-11-6-5-7-12(8-11)10-14(3)4;2-1(3,4)8(5,6)7;;/h5-7H,9-10H2,1-4H3;(H,5,6,7);1H2;/q-1;;;+2/p-1. The third-order valence-electron chi connectivity index (χ3n) is 2.17. The van der Waals surface area contributed by atoms with Gasteiger partial charge in [-0.05, 0) is 28.2 Å². The fourth-order valence-electron chi connectivity index (χ4n) is 1.44. The molecule has 11 heteroatoms. The van der Waals surface area contributed by atoms with Gasteiger partial charge in [-0.25, -0.2) is 8.42 Å². The predicted molar refractivity (Wildman–Crippen MR) is 79.4 cm³/mol. The van der Waals surface area contributed by atoms with E-state index >= 15 is 0 Å². The zero-order valence-corrected chi connectivity index (χ0v) is 16.7. The molecule has 144 valence electrons. The van der Waals surface area contributed by atoms with Gasteiger partial charge in [0.2, 0.25) is 0 Å². The van der Waals surface area contributed by atoms with Gasteiger partial charge in [-0.1, -0.05) is 0 Å². The van der Waals surface area contributed by atoms with E-state index in [4.69, 9.17) is 13.0 Å². The molecule has 0 aliphatic rings. The Morgan fingerprint density at radius 1 is 1.04 bits per heavy atom. The van der Waals surface area contributed by atoms with Crippen molar-refractivity contribution in [3.63, 3.8) is 0 Å². The Morgan fingerprint density at radius 3 is 1.54 bits per heavy atom. The molecule has 0 aliphatic heterocycles. The molecule has 0 saturated heterocycles. The normalized spacial score (nSPS) is 11.2. The second-order valence-electron chi connectivity index (χ2n) is 5.08. The maximum Gasteiger partial charge on any atom is 2.00 e. The van der Waals surface area contributed by atoms with Crippen molar-refractivity contribution in [1.29, 1.82) is 0 Å². The Kier molecular flexibility index (Phi) is 14.1. The summed E-state index contributed by atoms with van der Waals surface area (Å²) in [4.78, 5) is 4.32. The van der Waals surface area contributed by atoms with Crippen LogP contribution in [0, 0.1) is 6.07 Å². The monoisotopic (exact) mass is 553 g/mol. The Bertz CT molecular complexity index is 541. The number of rotatable bonds is 4. The van der Waals surface area contributed by atoms with E-state index in [1.54, 1.807) is 0 Å². The molecule has 2 N–H and O–H groups in total. The first-order chi connectivity index (χ1) is 9.83. The van der Waals surface area contributed by atoms with Crippen molar-refractivity contribution in [2.24, 2.45) is 0 Å². The first kappa shape index (κ1) is 28.3. The van der Waals surface area contributed by atoms with Crippen molar-refractivity contribution < 1.29 is 52.7 Å². The van der Waals surface area contributed by atoms with Crippen LogP contribution in [0.15, 0.2) is 18.2 Å². The fraction of sp³-hybridized carbons (Fsp3) is 0.538. The second-order valence-corrected chi connectivity index (χ2v) is 6.45. The summed E-state index contributed by atoms with van der Waals surface area (Å²) in [5.41, 5.74) is -3.13. The van der Waals surface area contributed by atoms with Crippen molar-refractivity contribution in [2.75, 3.05) is 28.2 Å². The van der Waals surface area contributed by atoms with Gasteiger partial charge in [0, 0.05) is 13.1 Å². The summed E-state index contributed by atoms with van der Waals surface area (Å²) < 4.78 is 58.9. The quantitative estimate of drug-likeness (QED) is 0.313. The molecular weight excluding hydrogens is 532 g/mol. The molecule has 0 heterocycles. The van der Waals surface area contributed by atoms with Gasteiger partial charge in [-0.2, -0.15) is 37.4 Å². The maximum absolute atomic E-state index is 10.7. The molecular formula is C13H21F3N2O4PtS. The minimum Gasteiger partial charge on any atom is -0.741 e. The third-order valence-corrected chi connectivity index (χ3v) is 2.74. The van der Waals surface area contributed by atoms with Crippen LogP contribution in [-0.4, -0.2) is 61.9 Å². The average Bonchev–Trinajstić information content (AvgIpc) is 2.25. The predicted octanol–water partition coefficient (Wildman–Crippen LogP) is 0.834. The minimum atomic E-state index is -6.09. The Labute approximate surface area is 155 Å². The molecule has 6 nitrogen and oxygen atoms in total. The summed E-state index contributed by atoms with van der Waals surface area (Å²) in [6.07, 6.45) is 0. The van der Waals surface area contributed by atoms with Gasteiger partial charge in [0.1, 0.15) is 0 Å². The van der Waals surface area contributed by atoms with Crippen molar-refractivity contribution in [3.8, 4) is 0 Å². The molecule has 0 aromatic heterocycles. The first-order valence-electron chi connectivity index (χ1n) is 6.14. The van der Waals surface area contributed by atoms with E-state index in [0.717, 1.165) is 13.1 Å². The van der Waals surface area contributed by atoms with Crippen LogP contribution >= 0.6 is 0 Å². The average molecular weight is 553 g/mol. The number of hydrogen-bond acceptors (Lipinski definition) is 5. The largest absolute Gasteiger partial charge is 2.00 e. The van der Waals surface area contributed by atoms with E-state index in [1.165, 1.54) is 11.1 Å². The van der Waals surface area contributed by atoms with E-state index in [2.05, 4.69) is 62.3 Å². The molecule has 24 heavy (non-hydrogen) atoms. The minimum absolute atomic E-state index is 0. The number of halogens is 3. The van der Waals surface area contributed by atoms with E-state index in [-0.39, 0.29) is 26.5 Å². The molecule has 0 bridgehead atoms. The molecule has 0 fully saturated rings. The number of benzene rings is 1. The first-order valence-corrected chi connectivity index (χ1v) is 7.55. The van der Waals surface area contributed by atoms with Crippen LogP contribution in [0.2, 0.25) is 0 Å². The molecule has 0 spiro atoms. The van der Waals surface area contributed by atoms with Gasteiger partial charge in [-0.15, -0.1) is 11.1 Å². The third kappa shape index (κ3) is 12.9. The van der Waals surface area contributed by atoms with Gasteiger partial charge >= 0.3 is 26.6 Å². The molecule has 1 rings (SSSR count). The van der Waals surface area contributed by atoms with Crippen LogP contribution in [0.25, 0.3) is 0 Å². The van der Waals surface area contributed by atoms with Crippen molar-refractivity contribution in [2.45, 2.75) is 18.6 Å². The molecule has 0 radical (unpaired) electrons. The SMILES string of the molecule is CN(C)Cc1[c-]c(CN(C)C)ccc1.O.O=S(=O)([O-])C(F)(F)F.[Pt+2]. The van der Waals surface area contributed by atoms with Crippen LogP contribution < -0.4 is 0 Å². The van der Waals surface area contributed by atoms with Crippen LogP contribution in [0.1, 0.15) is 11.1 Å². The van der Waals surface area contributed by atoms with Gasteiger partial charge in [0.15, 0.2) is 10.1 Å². The Hall–Kier alpha value is -0.512. The van der Waals surface area contributed by atoms with Gasteiger partial charge < -0.3 is 19.8 Å². The van der Waals surface area contributed by atoms with Crippen LogP contribution in [0.5, 0.6) is 0 Å². The summed E-state index contributed by atoms with van der Waals surface area (Å²) in [6, 6.07) is 9.78. The molecule has 1 aromatic rings. The van der Waals surface area contributed by atoms with Crippen LogP contribution in [0.3, 0.4) is 0 Å². The molecule has 0 aliphatic carbocycles. The summed E-state index contributed by atoms with van der Waals surface area (Å²) in [7, 11) is 2.21. The van der Waals surface area contributed by atoms with Crippen LogP contribution in [0.4, 0.5) is 13.2 Å². The molecule has 0 unspecified atom stereocenters. The number of nitrogens with zero attached hydrogens (tertiary/aromatic N) is 2. The van der Waals surface area contributed by atoms with E-state index in [0.29, 0.717) is 0 Å². The van der Waals surface area contributed by atoms with Gasteiger partial charge in [0.25, 0.3) is 0 Å².